The van der Waals surface area contributed by atoms with E-state index >= 15 is 0 Å². The van der Waals surface area contributed by atoms with Gasteiger partial charge in [-0.1, -0.05) is 24.4 Å². The van der Waals surface area contributed by atoms with Crippen molar-refractivity contribution in [3.05, 3.63) is 33.3 Å². The maximum Gasteiger partial charge on any atom is 0.252 e. The van der Waals surface area contributed by atoms with Gasteiger partial charge >= 0.3 is 0 Å². The van der Waals surface area contributed by atoms with Crippen molar-refractivity contribution in [2.24, 2.45) is 0 Å². The molecule has 1 N–H and O–H groups in total. The summed E-state index contributed by atoms with van der Waals surface area (Å²) < 4.78 is 0.743. The van der Waals surface area contributed by atoms with Crippen LogP contribution < -0.4 is 5.32 Å². The van der Waals surface area contributed by atoms with Crippen molar-refractivity contribution in [2.75, 3.05) is 5.88 Å². The molecule has 1 amide bonds. The first-order valence-electron chi connectivity index (χ1n) is 5.90. The molecule has 0 radical (unpaired) electrons. The van der Waals surface area contributed by atoms with Crippen LogP contribution in [0.25, 0.3) is 0 Å². The molecule has 0 heterocycles. The Morgan fingerprint density at radius 2 is 2.06 bits per heavy atom. The van der Waals surface area contributed by atoms with E-state index in [2.05, 4.69) is 21.2 Å². The van der Waals surface area contributed by atoms with Crippen LogP contribution in [0.5, 0.6) is 0 Å². The molecule has 1 aromatic rings. The van der Waals surface area contributed by atoms with Gasteiger partial charge in [-0.05, 0) is 47.0 Å². The van der Waals surface area contributed by atoms with Gasteiger partial charge in [0.05, 0.1) is 11.1 Å². The van der Waals surface area contributed by atoms with Gasteiger partial charge in [0.25, 0.3) is 5.91 Å². The number of carbonyl (C=O) groups is 1. The Labute approximate surface area is 125 Å². The van der Waals surface area contributed by atoms with Crippen LogP contribution in [0, 0.1) is 0 Å². The first kappa shape index (κ1) is 14.2. The van der Waals surface area contributed by atoms with E-state index in [0.717, 1.165) is 30.2 Å². The molecular weight excluding hydrogens is 337 g/mol. The lowest BCUT2D eigenvalue weighted by Crippen LogP contribution is -2.48. The second-order valence-electron chi connectivity index (χ2n) is 4.70. The molecule has 0 unspecified atom stereocenters. The Bertz CT molecular complexity index is 458. The van der Waals surface area contributed by atoms with E-state index in [9.17, 15) is 4.79 Å². The Kier molecular flexibility index (Phi) is 4.57. The first-order chi connectivity index (χ1) is 8.56. The van der Waals surface area contributed by atoms with Gasteiger partial charge in [0.1, 0.15) is 0 Å². The summed E-state index contributed by atoms with van der Waals surface area (Å²) in [4.78, 5) is 12.3. The van der Waals surface area contributed by atoms with Gasteiger partial charge in [-0.25, -0.2) is 0 Å². The van der Waals surface area contributed by atoms with Crippen LogP contribution in [-0.2, 0) is 0 Å². The Morgan fingerprint density at radius 3 is 2.67 bits per heavy atom. The maximum atomic E-state index is 12.3. The summed E-state index contributed by atoms with van der Waals surface area (Å²) >= 11 is 15.3. The van der Waals surface area contributed by atoms with Gasteiger partial charge in [0.2, 0.25) is 0 Å². The zero-order valence-corrected chi connectivity index (χ0v) is 12.9. The molecule has 0 aromatic heterocycles. The van der Waals surface area contributed by atoms with E-state index in [0.29, 0.717) is 16.5 Å². The second-order valence-corrected chi connectivity index (χ2v) is 6.26. The number of alkyl halides is 1. The standard InChI is InChI=1S/C13H14BrCl2NO/c14-11-4-3-9(16)7-10(11)12(18)17-13(8-15)5-1-2-6-13/h3-4,7H,1-2,5-6,8H2,(H,17,18). The topological polar surface area (TPSA) is 29.1 Å². The molecule has 1 aromatic carbocycles. The van der Waals surface area contributed by atoms with Crippen molar-refractivity contribution in [3.8, 4) is 0 Å². The normalized spacial score (nSPS) is 17.7. The van der Waals surface area contributed by atoms with Gasteiger partial charge in [0.15, 0.2) is 0 Å². The third-order valence-corrected chi connectivity index (χ3v) is 4.81. The number of hydrogen-bond acceptors (Lipinski definition) is 1. The van der Waals surface area contributed by atoms with E-state index in [4.69, 9.17) is 23.2 Å². The average molecular weight is 351 g/mol. The zero-order valence-electron chi connectivity index (χ0n) is 9.81. The molecular formula is C13H14BrCl2NO. The molecule has 0 spiro atoms. The van der Waals surface area contributed by atoms with E-state index in [1.165, 1.54) is 0 Å². The van der Waals surface area contributed by atoms with E-state index in [-0.39, 0.29) is 11.4 Å². The van der Waals surface area contributed by atoms with Gasteiger partial charge in [0, 0.05) is 15.4 Å². The van der Waals surface area contributed by atoms with Crippen LogP contribution in [0.4, 0.5) is 0 Å². The molecule has 0 bridgehead atoms. The number of carbonyl (C=O) groups excluding carboxylic acids is 1. The first-order valence-corrected chi connectivity index (χ1v) is 7.60. The molecule has 1 saturated carbocycles. The van der Waals surface area contributed by atoms with E-state index in [1.54, 1.807) is 18.2 Å². The lowest BCUT2D eigenvalue weighted by Gasteiger charge is -2.28. The van der Waals surface area contributed by atoms with Crippen molar-refractivity contribution in [1.82, 2.24) is 5.32 Å². The number of amides is 1. The fourth-order valence-electron chi connectivity index (χ4n) is 2.32. The Hall–Kier alpha value is -0.250. The molecule has 0 aliphatic heterocycles. The highest BCUT2D eigenvalue weighted by molar-refractivity contribution is 9.10. The summed E-state index contributed by atoms with van der Waals surface area (Å²) in [6.45, 7) is 0. The minimum atomic E-state index is -0.250. The summed E-state index contributed by atoms with van der Waals surface area (Å²) in [6.07, 6.45) is 4.12. The molecule has 1 aliphatic carbocycles. The van der Waals surface area contributed by atoms with Crippen molar-refractivity contribution >= 4 is 45.0 Å². The Morgan fingerprint density at radius 1 is 1.39 bits per heavy atom. The average Bonchev–Trinajstić information content (AvgIpc) is 2.81. The summed E-state index contributed by atoms with van der Waals surface area (Å²) in [6, 6.07) is 5.19. The zero-order chi connectivity index (χ0) is 13.2. The molecule has 2 nitrogen and oxygen atoms in total. The third-order valence-electron chi connectivity index (χ3n) is 3.37. The predicted molar refractivity (Wildman–Crippen MR) is 78.5 cm³/mol. The van der Waals surface area contributed by atoms with Gasteiger partial charge in [-0.3, -0.25) is 4.79 Å². The van der Waals surface area contributed by atoms with Crippen molar-refractivity contribution in [2.45, 2.75) is 31.2 Å². The highest BCUT2D eigenvalue weighted by Crippen LogP contribution is 2.31. The summed E-state index contributed by atoms with van der Waals surface area (Å²) in [7, 11) is 0. The quantitative estimate of drug-likeness (QED) is 0.805. The molecule has 0 saturated heterocycles. The number of rotatable bonds is 3. The number of nitrogens with one attached hydrogen (secondary N) is 1. The summed E-state index contributed by atoms with van der Waals surface area (Å²) in [5.74, 6) is 0.337. The van der Waals surface area contributed by atoms with Crippen LogP contribution in [-0.4, -0.2) is 17.3 Å². The SMILES string of the molecule is O=C(NC1(CCl)CCCC1)c1cc(Cl)ccc1Br. The van der Waals surface area contributed by atoms with E-state index < -0.39 is 0 Å². The van der Waals surface area contributed by atoms with Crippen molar-refractivity contribution in [1.29, 1.82) is 0 Å². The van der Waals surface area contributed by atoms with Crippen LogP contribution >= 0.6 is 39.1 Å². The van der Waals surface area contributed by atoms with Crippen LogP contribution in [0.1, 0.15) is 36.0 Å². The number of benzene rings is 1. The highest BCUT2D eigenvalue weighted by atomic mass is 79.9. The molecule has 2 rings (SSSR count). The van der Waals surface area contributed by atoms with Crippen LogP contribution in [0.15, 0.2) is 22.7 Å². The van der Waals surface area contributed by atoms with Crippen molar-refractivity contribution in [3.63, 3.8) is 0 Å². The third kappa shape index (κ3) is 3.01. The fraction of sp³-hybridized carbons (Fsp3) is 0.462. The lowest BCUT2D eigenvalue weighted by atomic mass is 9.99. The molecule has 18 heavy (non-hydrogen) atoms. The van der Waals surface area contributed by atoms with E-state index in [1.807, 2.05) is 0 Å². The van der Waals surface area contributed by atoms with Crippen molar-refractivity contribution < 1.29 is 4.79 Å². The maximum absolute atomic E-state index is 12.3. The van der Waals surface area contributed by atoms with Crippen LogP contribution in [0.3, 0.4) is 0 Å². The fourth-order valence-corrected chi connectivity index (χ4v) is 3.26. The van der Waals surface area contributed by atoms with Gasteiger partial charge < -0.3 is 5.32 Å². The van der Waals surface area contributed by atoms with Crippen LogP contribution in [0.2, 0.25) is 5.02 Å². The van der Waals surface area contributed by atoms with Gasteiger partial charge in [-0.2, -0.15) is 0 Å². The molecule has 98 valence electrons. The predicted octanol–water partition coefficient (Wildman–Crippen LogP) is 4.38. The summed E-state index contributed by atoms with van der Waals surface area (Å²) in [5, 5.41) is 3.62. The molecule has 1 fully saturated rings. The smallest absolute Gasteiger partial charge is 0.252 e. The molecule has 5 heteroatoms. The number of halogens is 3. The molecule has 0 atom stereocenters. The largest absolute Gasteiger partial charge is 0.345 e. The summed E-state index contributed by atoms with van der Waals surface area (Å²) in [5.41, 5.74) is 0.305. The number of hydrogen-bond donors (Lipinski definition) is 1. The monoisotopic (exact) mass is 349 g/mol. The highest BCUT2D eigenvalue weighted by Gasteiger charge is 2.34. The minimum Gasteiger partial charge on any atom is -0.345 e. The molecule has 1 aliphatic rings. The lowest BCUT2D eigenvalue weighted by molar-refractivity contribution is 0.0908. The Balaban J connectivity index is 2.18. The minimum absolute atomic E-state index is 0.119. The van der Waals surface area contributed by atoms with Gasteiger partial charge in [-0.15, -0.1) is 11.6 Å². The second kappa shape index (κ2) is 5.81.